The molecule has 1 heterocycles. The number of hydrogen-bond acceptors (Lipinski definition) is 3. The van der Waals surface area contributed by atoms with Gasteiger partial charge in [0, 0.05) is 26.2 Å². The molecule has 86 valence electrons. The van der Waals surface area contributed by atoms with Gasteiger partial charge in [-0.05, 0) is 38.5 Å². The van der Waals surface area contributed by atoms with Crippen molar-refractivity contribution in [3.05, 3.63) is 0 Å². The Labute approximate surface area is 92.4 Å². The van der Waals surface area contributed by atoms with Gasteiger partial charge in [-0.1, -0.05) is 0 Å². The second-order valence-corrected chi connectivity index (χ2v) is 4.00. The van der Waals surface area contributed by atoms with Crippen molar-refractivity contribution in [1.29, 1.82) is 5.26 Å². The lowest BCUT2D eigenvalue weighted by Crippen LogP contribution is -2.20. The third kappa shape index (κ3) is 6.48. The highest BCUT2D eigenvalue weighted by molar-refractivity contribution is 4.67. The SMILES string of the molecule is N#CCCCCOCCC1CCCCO1. The molecule has 1 saturated heterocycles. The summed E-state index contributed by atoms with van der Waals surface area (Å²) in [5, 5.41) is 8.33. The Morgan fingerprint density at radius 2 is 2.20 bits per heavy atom. The van der Waals surface area contributed by atoms with Gasteiger partial charge < -0.3 is 9.47 Å². The Hall–Kier alpha value is -0.590. The molecule has 0 aromatic rings. The van der Waals surface area contributed by atoms with Crippen molar-refractivity contribution in [1.82, 2.24) is 0 Å². The van der Waals surface area contributed by atoms with Crippen LogP contribution in [0.15, 0.2) is 0 Å². The summed E-state index contributed by atoms with van der Waals surface area (Å²) >= 11 is 0. The summed E-state index contributed by atoms with van der Waals surface area (Å²) < 4.78 is 11.1. The molecule has 0 N–H and O–H groups in total. The average Bonchev–Trinajstić information content (AvgIpc) is 2.29. The number of unbranched alkanes of at least 4 members (excludes halogenated alkanes) is 2. The van der Waals surface area contributed by atoms with Gasteiger partial charge in [0.1, 0.15) is 0 Å². The summed E-state index contributed by atoms with van der Waals surface area (Å²) in [5.74, 6) is 0. The van der Waals surface area contributed by atoms with Crippen LogP contribution in [0.3, 0.4) is 0 Å². The second-order valence-electron chi connectivity index (χ2n) is 4.00. The van der Waals surface area contributed by atoms with Crippen molar-refractivity contribution in [2.24, 2.45) is 0 Å². The Morgan fingerprint density at radius 1 is 1.27 bits per heavy atom. The van der Waals surface area contributed by atoms with Gasteiger partial charge in [-0.3, -0.25) is 0 Å². The van der Waals surface area contributed by atoms with Gasteiger partial charge in [0.05, 0.1) is 12.2 Å². The third-order valence-corrected chi connectivity index (χ3v) is 2.69. The first kappa shape index (κ1) is 12.5. The standard InChI is InChI=1S/C12H21NO2/c13-8-3-1-4-9-14-11-7-12-6-2-5-10-15-12/h12H,1-7,9-11H2. The lowest BCUT2D eigenvalue weighted by molar-refractivity contribution is -0.00778. The van der Waals surface area contributed by atoms with Gasteiger partial charge in [0.25, 0.3) is 0 Å². The third-order valence-electron chi connectivity index (χ3n) is 2.69. The van der Waals surface area contributed by atoms with E-state index in [1.807, 2.05) is 0 Å². The van der Waals surface area contributed by atoms with Gasteiger partial charge in [0.2, 0.25) is 0 Å². The zero-order chi connectivity index (χ0) is 10.8. The summed E-state index contributed by atoms with van der Waals surface area (Å²) in [6.07, 6.45) is 7.76. The van der Waals surface area contributed by atoms with Gasteiger partial charge in [-0.25, -0.2) is 0 Å². The first-order valence-corrected chi connectivity index (χ1v) is 6.00. The van der Waals surface area contributed by atoms with E-state index in [1.54, 1.807) is 0 Å². The highest BCUT2D eigenvalue weighted by atomic mass is 16.5. The number of nitriles is 1. The van der Waals surface area contributed by atoms with Crippen molar-refractivity contribution < 1.29 is 9.47 Å². The molecule has 0 saturated carbocycles. The van der Waals surface area contributed by atoms with Gasteiger partial charge in [-0.2, -0.15) is 5.26 Å². The predicted octanol–water partition coefficient (Wildman–Crippen LogP) is 2.66. The molecule has 0 radical (unpaired) electrons. The minimum absolute atomic E-state index is 0.429. The van der Waals surface area contributed by atoms with Crippen LogP contribution in [0, 0.1) is 11.3 Å². The van der Waals surface area contributed by atoms with Gasteiger partial charge >= 0.3 is 0 Å². The number of ether oxygens (including phenoxy) is 2. The van der Waals surface area contributed by atoms with E-state index in [-0.39, 0.29) is 0 Å². The van der Waals surface area contributed by atoms with Crippen molar-refractivity contribution in [3.63, 3.8) is 0 Å². The van der Waals surface area contributed by atoms with E-state index in [4.69, 9.17) is 14.7 Å². The lowest BCUT2D eigenvalue weighted by Gasteiger charge is -2.22. The first-order chi connectivity index (χ1) is 7.43. The number of hydrogen-bond donors (Lipinski definition) is 0. The summed E-state index contributed by atoms with van der Waals surface area (Å²) in [7, 11) is 0. The molecule has 1 aliphatic heterocycles. The Balaban J connectivity index is 1.82. The molecule has 0 bridgehead atoms. The number of rotatable bonds is 7. The minimum Gasteiger partial charge on any atom is -0.381 e. The van der Waals surface area contributed by atoms with E-state index in [1.165, 1.54) is 19.3 Å². The van der Waals surface area contributed by atoms with Crippen LogP contribution in [0.2, 0.25) is 0 Å². The maximum atomic E-state index is 8.33. The van der Waals surface area contributed by atoms with Crippen LogP contribution in [0.5, 0.6) is 0 Å². The Bertz CT molecular complexity index is 183. The van der Waals surface area contributed by atoms with Crippen LogP contribution in [-0.4, -0.2) is 25.9 Å². The smallest absolute Gasteiger partial charge is 0.0621 e. The maximum Gasteiger partial charge on any atom is 0.0621 e. The number of nitrogens with zero attached hydrogens (tertiary/aromatic N) is 1. The Morgan fingerprint density at radius 3 is 2.93 bits per heavy atom. The minimum atomic E-state index is 0.429. The summed E-state index contributed by atoms with van der Waals surface area (Å²) in [5.41, 5.74) is 0. The van der Waals surface area contributed by atoms with Crippen LogP contribution < -0.4 is 0 Å². The molecule has 3 heteroatoms. The zero-order valence-corrected chi connectivity index (χ0v) is 9.41. The fourth-order valence-electron chi connectivity index (χ4n) is 1.76. The lowest BCUT2D eigenvalue weighted by atomic mass is 10.1. The summed E-state index contributed by atoms with van der Waals surface area (Å²) in [6.45, 7) is 2.51. The van der Waals surface area contributed by atoms with Crippen LogP contribution >= 0.6 is 0 Å². The molecule has 0 aromatic heterocycles. The molecule has 1 fully saturated rings. The van der Waals surface area contributed by atoms with Crippen LogP contribution in [0.4, 0.5) is 0 Å². The van der Waals surface area contributed by atoms with E-state index in [9.17, 15) is 0 Å². The van der Waals surface area contributed by atoms with Crippen LogP contribution in [0.25, 0.3) is 0 Å². The van der Waals surface area contributed by atoms with Crippen molar-refractivity contribution in [3.8, 4) is 6.07 Å². The van der Waals surface area contributed by atoms with Gasteiger partial charge in [-0.15, -0.1) is 0 Å². The monoisotopic (exact) mass is 211 g/mol. The average molecular weight is 211 g/mol. The largest absolute Gasteiger partial charge is 0.381 e. The maximum absolute atomic E-state index is 8.33. The van der Waals surface area contributed by atoms with Crippen molar-refractivity contribution >= 4 is 0 Å². The molecule has 0 amide bonds. The van der Waals surface area contributed by atoms with E-state index >= 15 is 0 Å². The molecule has 0 aromatic carbocycles. The second kappa shape index (κ2) is 8.70. The van der Waals surface area contributed by atoms with Crippen LogP contribution in [-0.2, 0) is 9.47 Å². The molecule has 1 unspecified atom stereocenters. The van der Waals surface area contributed by atoms with E-state index in [0.29, 0.717) is 12.5 Å². The first-order valence-electron chi connectivity index (χ1n) is 6.00. The molecule has 3 nitrogen and oxygen atoms in total. The highest BCUT2D eigenvalue weighted by Crippen LogP contribution is 2.15. The van der Waals surface area contributed by atoms with E-state index in [0.717, 1.165) is 39.1 Å². The predicted molar refractivity (Wildman–Crippen MR) is 58.5 cm³/mol. The quantitative estimate of drug-likeness (QED) is 0.608. The topological polar surface area (TPSA) is 42.2 Å². The fraction of sp³-hybridized carbons (Fsp3) is 0.917. The molecule has 1 atom stereocenters. The molecule has 0 spiro atoms. The molecule has 15 heavy (non-hydrogen) atoms. The highest BCUT2D eigenvalue weighted by Gasteiger charge is 2.12. The zero-order valence-electron chi connectivity index (χ0n) is 9.41. The normalized spacial score (nSPS) is 21.1. The van der Waals surface area contributed by atoms with Gasteiger partial charge in [0.15, 0.2) is 0 Å². The molecule has 1 rings (SSSR count). The van der Waals surface area contributed by atoms with Crippen molar-refractivity contribution in [2.45, 2.75) is 51.0 Å². The fourth-order valence-corrected chi connectivity index (χ4v) is 1.76. The summed E-state index contributed by atoms with van der Waals surface area (Å²) in [6, 6.07) is 2.13. The molecular formula is C12H21NO2. The Kier molecular flexibility index (Phi) is 7.24. The summed E-state index contributed by atoms with van der Waals surface area (Å²) in [4.78, 5) is 0. The molecule has 0 aliphatic carbocycles. The van der Waals surface area contributed by atoms with E-state index < -0.39 is 0 Å². The molecular weight excluding hydrogens is 190 g/mol. The van der Waals surface area contributed by atoms with Crippen LogP contribution in [0.1, 0.15) is 44.9 Å². The van der Waals surface area contributed by atoms with Crippen molar-refractivity contribution in [2.75, 3.05) is 19.8 Å². The molecule has 1 aliphatic rings. The van der Waals surface area contributed by atoms with E-state index in [2.05, 4.69) is 6.07 Å².